The Kier molecular flexibility index (Phi) is 7.81. The highest BCUT2D eigenvalue weighted by Crippen LogP contribution is 2.41. The Morgan fingerprint density at radius 3 is 2.22 bits per heavy atom. The van der Waals surface area contributed by atoms with Crippen molar-refractivity contribution in [2.24, 2.45) is 17.3 Å². The maximum Gasteiger partial charge on any atom is 0.407 e. The minimum atomic E-state index is -4.57. The second kappa shape index (κ2) is 9.37. The fourth-order valence-corrected chi connectivity index (χ4v) is 4.54. The number of amides is 1. The van der Waals surface area contributed by atoms with E-state index in [4.69, 9.17) is 9.47 Å². The largest absolute Gasteiger partial charge is 0.460 e. The molecule has 10 heteroatoms. The summed E-state index contributed by atoms with van der Waals surface area (Å²) in [5, 5.41) is 13.3. The Morgan fingerprint density at radius 1 is 1.12 bits per heavy atom. The van der Waals surface area contributed by atoms with Gasteiger partial charge in [-0.15, -0.1) is 0 Å². The second-order valence-corrected chi connectivity index (χ2v) is 11.2. The van der Waals surface area contributed by atoms with E-state index in [1.807, 2.05) is 6.92 Å². The van der Waals surface area contributed by atoms with Crippen molar-refractivity contribution in [3.8, 4) is 0 Å². The average Bonchev–Trinajstić information content (AvgIpc) is 2.75. The zero-order valence-electron chi connectivity index (χ0n) is 20.0. The number of hydrogen-bond donors (Lipinski definition) is 2. The lowest BCUT2D eigenvalue weighted by molar-refractivity contribution is -0.195. The third kappa shape index (κ3) is 7.23. The second-order valence-electron chi connectivity index (χ2n) is 11.2. The number of esters is 1. The summed E-state index contributed by atoms with van der Waals surface area (Å²) in [5.41, 5.74) is -1.57. The number of aliphatic hydroxyl groups is 1. The van der Waals surface area contributed by atoms with E-state index in [1.54, 1.807) is 41.5 Å². The first-order chi connectivity index (χ1) is 14.4. The van der Waals surface area contributed by atoms with E-state index in [0.29, 0.717) is 12.8 Å². The Morgan fingerprint density at radius 2 is 1.72 bits per heavy atom. The molecule has 2 saturated heterocycles. The fraction of sp³-hybridized carbons (Fsp3) is 0.909. The van der Waals surface area contributed by atoms with E-state index in [0.717, 1.165) is 0 Å². The lowest BCUT2D eigenvalue weighted by Crippen LogP contribution is -2.64. The van der Waals surface area contributed by atoms with Crippen LogP contribution < -0.4 is 5.32 Å². The van der Waals surface area contributed by atoms with Gasteiger partial charge in [-0.25, -0.2) is 4.79 Å². The van der Waals surface area contributed by atoms with Gasteiger partial charge in [0.25, 0.3) is 0 Å². The first kappa shape index (κ1) is 26.7. The molecule has 0 aromatic heterocycles. The van der Waals surface area contributed by atoms with Gasteiger partial charge in [-0.2, -0.15) is 13.2 Å². The first-order valence-electron chi connectivity index (χ1n) is 11.1. The number of alkyl carbamates (subject to hydrolysis) is 1. The molecule has 3 aliphatic rings. The summed E-state index contributed by atoms with van der Waals surface area (Å²) < 4.78 is 50.4. The van der Waals surface area contributed by atoms with E-state index in [-0.39, 0.29) is 18.4 Å². The minimum Gasteiger partial charge on any atom is -0.460 e. The molecule has 2 bridgehead atoms. The zero-order chi connectivity index (χ0) is 24.6. The van der Waals surface area contributed by atoms with E-state index in [1.165, 1.54) is 4.90 Å². The molecule has 2 heterocycles. The van der Waals surface area contributed by atoms with Crippen LogP contribution in [0.1, 0.15) is 67.7 Å². The molecule has 0 aromatic carbocycles. The molecule has 0 spiro atoms. The van der Waals surface area contributed by atoms with Gasteiger partial charge >= 0.3 is 18.2 Å². The number of halogens is 3. The summed E-state index contributed by atoms with van der Waals surface area (Å²) in [7, 11) is 0. The summed E-state index contributed by atoms with van der Waals surface area (Å²) in [6, 6.07) is -1.46. The van der Waals surface area contributed by atoms with Crippen molar-refractivity contribution >= 4 is 12.1 Å². The van der Waals surface area contributed by atoms with Crippen LogP contribution in [-0.4, -0.2) is 64.8 Å². The van der Waals surface area contributed by atoms with Gasteiger partial charge in [-0.05, 0) is 66.2 Å². The van der Waals surface area contributed by atoms with Crippen LogP contribution in [0.3, 0.4) is 0 Å². The third-order valence-corrected chi connectivity index (χ3v) is 5.81. The molecule has 32 heavy (non-hydrogen) atoms. The molecule has 1 saturated carbocycles. The van der Waals surface area contributed by atoms with Crippen molar-refractivity contribution in [3.05, 3.63) is 0 Å². The highest BCUT2D eigenvalue weighted by molar-refractivity contribution is 5.75. The van der Waals surface area contributed by atoms with Crippen molar-refractivity contribution in [1.82, 2.24) is 10.2 Å². The summed E-state index contributed by atoms with van der Waals surface area (Å²) in [4.78, 5) is 26.5. The smallest absolute Gasteiger partial charge is 0.407 e. The number of ether oxygens (including phenoxy) is 2. The van der Waals surface area contributed by atoms with Gasteiger partial charge in [-0.1, -0.05) is 6.92 Å². The van der Waals surface area contributed by atoms with Gasteiger partial charge < -0.3 is 19.9 Å². The zero-order valence-corrected chi connectivity index (χ0v) is 20.0. The average molecular weight is 467 g/mol. The molecule has 0 radical (unpaired) electrons. The Balaban J connectivity index is 2.39. The van der Waals surface area contributed by atoms with Crippen molar-refractivity contribution in [1.29, 1.82) is 0 Å². The molecule has 3 fully saturated rings. The van der Waals surface area contributed by atoms with Crippen molar-refractivity contribution in [3.63, 3.8) is 0 Å². The highest BCUT2D eigenvalue weighted by atomic mass is 19.4. The molecular weight excluding hydrogens is 429 g/mol. The monoisotopic (exact) mass is 466 g/mol. The number of nitrogens with one attached hydrogen (secondary N) is 1. The summed E-state index contributed by atoms with van der Waals surface area (Å²) >= 11 is 0. The van der Waals surface area contributed by atoms with Crippen LogP contribution in [0.2, 0.25) is 0 Å². The van der Waals surface area contributed by atoms with Gasteiger partial charge in [0.1, 0.15) is 17.9 Å². The Bertz CT molecular complexity index is 687. The van der Waals surface area contributed by atoms with Crippen LogP contribution in [0, 0.1) is 17.3 Å². The van der Waals surface area contributed by atoms with Gasteiger partial charge in [0.2, 0.25) is 0 Å². The predicted octanol–water partition coefficient (Wildman–Crippen LogP) is 3.84. The van der Waals surface area contributed by atoms with Crippen LogP contribution in [0.5, 0.6) is 0 Å². The highest BCUT2D eigenvalue weighted by Gasteiger charge is 2.52. The Hall–Kier alpha value is -1.55. The number of fused-ring (bicyclic) bond motifs is 4. The van der Waals surface area contributed by atoms with Gasteiger partial charge in [-0.3, -0.25) is 9.69 Å². The van der Waals surface area contributed by atoms with E-state index < -0.39 is 60.1 Å². The topological polar surface area (TPSA) is 88.1 Å². The number of carbonyl (C=O) groups is 2. The summed E-state index contributed by atoms with van der Waals surface area (Å²) in [5.74, 6) is -0.729. The quantitative estimate of drug-likeness (QED) is 0.612. The fourth-order valence-electron chi connectivity index (χ4n) is 4.54. The molecule has 3 unspecified atom stereocenters. The molecule has 2 N–H and O–H groups in total. The number of piperidine rings is 1. The molecule has 186 valence electrons. The van der Waals surface area contributed by atoms with Crippen LogP contribution in [0.15, 0.2) is 0 Å². The van der Waals surface area contributed by atoms with Crippen LogP contribution in [-0.2, 0) is 14.3 Å². The summed E-state index contributed by atoms with van der Waals surface area (Å²) in [6.45, 7) is 12.3. The van der Waals surface area contributed by atoms with E-state index in [9.17, 15) is 27.9 Å². The molecular formula is C22H37F3N2O5. The van der Waals surface area contributed by atoms with Crippen molar-refractivity contribution < 1.29 is 37.3 Å². The first-order valence-corrected chi connectivity index (χ1v) is 11.1. The third-order valence-electron chi connectivity index (χ3n) is 5.81. The lowest BCUT2D eigenvalue weighted by atomic mass is 9.89. The van der Waals surface area contributed by atoms with Crippen LogP contribution >= 0.6 is 0 Å². The maximum atomic E-state index is 13.1. The molecule has 1 aliphatic carbocycles. The molecule has 2 aliphatic heterocycles. The molecule has 6 atom stereocenters. The lowest BCUT2D eigenvalue weighted by Gasteiger charge is -2.47. The van der Waals surface area contributed by atoms with Gasteiger partial charge in [0.05, 0.1) is 23.9 Å². The standard InChI is InChI=1S/C22H37F3N2O5/c1-12-8-13-9-14(26-19(30)32-21(5,6)7)16(17(12)31-18(29)20(2,3)4)27(11-13)15(28)10-22(23,24)25/h12-17,28H,8-11H2,1-7H3,(H,26,30)/t12-,13?,14+,15?,16?,17-/m0/s1. The maximum absolute atomic E-state index is 13.1. The van der Waals surface area contributed by atoms with Crippen LogP contribution in [0.25, 0.3) is 0 Å². The molecule has 3 rings (SSSR count). The van der Waals surface area contributed by atoms with Gasteiger partial charge in [0.15, 0.2) is 0 Å². The number of hydrogen-bond acceptors (Lipinski definition) is 6. The normalized spacial score (nSPS) is 30.4. The number of rotatable bonds is 4. The van der Waals surface area contributed by atoms with Crippen molar-refractivity contribution in [2.75, 3.05) is 6.54 Å². The number of alkyl halides is 3. The van der Waals surface area contributed by atoms with Gasteiger partial charge in [0, 0.05) is 6.54 Å². The van der Waals surface area contributed by atoms with Crippen LogP contribution in [0.4, 0.5) is 18.0 Å². The number of nitrogens with zero attached hydrogens (tertiary/aromatic N) is 1. The molecule has 1 amide bonds. The van der Waals surface area contributed by atoms with Crippen molar-refractivity contribution in [2.45, 2.75) is 104 Å². The number of aliphatic hydroxyl groups excluding tert-OH is 1. The Labute approximate surface area is 188 Å². The molecule has 7 nitrogen and oxygen atoms in total. The van der Waals surface area contributed by atoms with E-state index in [2.05, 4.69) is 5.32 Å². The minimum absolute atomic E-state index is 0.0811. The molecule has 0 aromatic rings. The number of carbonyl (C=O) groups excluding carboxylic acids is 2. The summed E-state index contributed by atoms with van der Waals surface area (Å²) in [6.07, 6.45) is -8.20. The van der Waals surface area contributed by atoms with E-state index >= 15 is 0 Å². The SMILES string of the molecule is C[C@H]1CC2C[C@@H](NC(=O)OC(C)(C)C)C([C@H]1OC(=O)C(C)(C)C)N(C(O)CC(F)(F)F)C2. The predicted molar refractivity (Wildman–Crippen MR) is 112 cm³/mol.